The third-order valence-electron chi connectivity index (χ3n) is 4.96. The summed E-state index contributed by atoms with van der Waals surface area (Å²) >= 11 is 6.03. The monoisotopic (exact) mass is 402 g/mol. The second kappa shape index (κ2) is 9.41. The zero-order valence-corrected chi connectivity index (χ0v) is 17.0. The van der Waals surface area contributed by atoms with E-state index in [9.17, 15) is 4.79 Å². The number of nitrogens with zero attached hydrogens (tertiary/aromatic N) is 1. The second-order valence-electron chi connectivity index (χ2n) is 7.30. The van der Waals surface area contributed by atoms with Crippen molar-refractivity contribution in [2.45, 2.75) is 31.9 Å². The first-order chi connectivity index (χ1) is 13.5. The highest BCUT2D eigenvalue weighted by Gasteiger charge is 2.39. The highest BCUT2D eigenvalue weighted by molar-refractivity contribution is 6.30. The molecule has 1 heterocycles. The lowest BCUT2D eigenvalue weighted by Gasteiger charge is -2.42. The largest absolute Gasteiger partial charge is 0.490 e. The van der Waals surface area contributed by atoms with Gasteiger partial charge in [-0.2, -0.15) is 0 Å². The Morgan fingerprint density at radius 3 is 2.68 bits per heavy atom. The molecule has 6 heteroatoms. The number of rotatable bonds is 8. The van der Waals surface area contributed by atoms with Crippen LogP contribution in [0.25, 0.3) is 0 Å². The van der Waals surface area contributed by atoms with Gasteiger partial charge in [0.05, 0.1) is 13.0 Å². The molecule has 28 heavy (non-hydrogen) atoms. The van der Waals surface area contributed by atoms with Gasteiger partial charge in [0.25, 0.3) is 0 Å². The van der Waals surface area contributed by atoms with E-state index in [-0.39, 0.29) is 13.0 Å². The fourth-order valence-corrected chi connectivity index (χ4v) is 3.71. The number of primary amides is 1. The number of carbonyl (C=O) groups excluding carboxylic acids is 1. The van der Waals surface area contributed by atoms with E-state index >= 15 is 0 Å². The van der Waals surface area contributed by atoms with Crippen molar-refractivity contribution in [1.29, 1.82) is 0 Å². The molecule has 1 fully saturated rings. The Balaban J connectivity index is 1.69. The number of aryl methyl sites for hydroxylation is 1. The van der Waals surface area contributed by atoms with E-state index in [1.54, 1.807) is 12.1 Å². The van der Waals surface area contributed by atoms with Gasteiger partial charge in [-0.25, -0.2) is 0 Å². The Kier molecular flexibility index (Phi) is 6.94. The SMILES string of the molecule is CCc1ccc(CN2CCO[C@@](COc3cccc(Cl)c3)(CC(N)=O)C2)cc1. The summed E-state index contributed by atoms with van der Waals surface area (Å²) < 4.78 is 11.9. The molecule has 1 aliphatic heterocycles. The third kappa shape index (κ3) is 5.71. The van der Waals surface area contributed by atoms with Crippen LogP contribution in [0.2, 0.25) is 5.02 Å². The van der Waals surface area contributed by atoms with Gasteiger partial charge >= 0.3 is 0 Å². The van der Waals surface area contributed by atoms with Gasteiger partial charge < -0.3 is 15.2 Å². The van der Waals surface area contributed by atoms with Crippen LogP contribution >= 0.6 is 11.6 Å². The number of halogens is 1. The van der Waals surface area contributed by atoms with E-state index in [1.165, 1.54) is 11.1 Å². The van der Waals surface area contributed by atoms with Crippen molar-refractivity contribution in [1.82, 2.24) is 4.90 Å². The maximum absolute atomic E-state index is 11.7. The zero-order valence-electron chi connectivity index (χ0n) is 16.2. The van der Waals surface area contributed by atoms with Crippen LogP contribution in [-0.2, 0) is 22.5 Å². The molecular formula is C22H27ClN2O3. The highest BCUT2D eigenvalue weighted by atomic mass is 35.5. The molecule has 2 N–H and O–H groups in total. The van der Waals surface area contributed by atoms with Crippen LogP contribution in [0.15, 0.2) is 48.5 Å². The molecule has 1 saturated heterocycles. The molecule has 0 saturated carbocycles. The highest BCUT2D eigenvalue weighted by Crippen LogP contribution is 2.26. The van der Waals surface area contributed by atoms with Crippen molar-refractivity contribution >= 4 is 17.5 Å². The van der Waals surface area contributed by atoms with Gasteiger partial charge in [-0.05, 0) is 35.7 Å². The molecule has 0 spiro atoms. The maximum atomic E-state index is 11.7. The van der Waals surface area contributed by atoms with E-state index < -0.39 is 11.5 Å². The molecule has 0 unspecified atom stereocenters. The van der Waals surface area contributed by atoms with Crippen molar-refractivity contribution in [2.75, 3.05) is 26.3 Å². The third-order valence-corrected chi connectivity index (χ3v) is 5.19. The molecule has 0 bridgehead atoms. The van der Waals surface area contributed by atoms with Gasteiger partial charge in [0, 0.05) is 24.7 Å². The molecule has 150 valence electrons. The van der Waals surface area contributed by atoms with E-state index in [0.29, 0.717) is 23.9 Å². The summed E-state index contributed by atoms with van der Waals surface area (Å²) in [5.41, 5.74) is 7.31. The molecule has 5 nitrogen and oxygen atoms in total. The first kappa shape index (κ1) is 20.6. The predicted molar refractivity (Wildman–Crippen MR) is 111 cm³/mol. The molecule has 0 aliphatic carbocycles. The van der Waals surface area contributed by atoms with Gasteiger partial charge in [0.1, 0.15) is 18.0 Å². The first-order valence-electron chi connectivity index (χ1n) is 9.59. The van der Waals surface area contributed by atoms with Gasteiger partial charge in [0.15, 0.2) is 0 Å². The molecule has 3 rings (SSSR count). The summed E-state index contributed by atoms with van der Waals surface area (Å²) in [6.45, 7) is 5.08. The number of hydrogen-bond donors (Lipinski definition) is 1. The fourth-order valence-electron chi connectivity index (χ4n) is 3.53. The van der Waals surface area contributed by atoms with Crippen molar-refractivity contribution in [3.63, 3.8) is 0 Å². The molecule has 1 aliphatic rings. The van der Waals surface area contributed by atoms with Crippen molar-refractivity contribution < 1.29 is 14.3 Å². The molecular weight excluding hydrogens is 376 g/mol. The lowest BCUT2D eigenvalue weighted by molar-refractivity contribution is -0.148. The minimum Gasteiger partial charge on any atom is -0.490 e. The second-order valence-corrected chi connectivity index (χ2v) is 7.74. The normalized spacial score (nSPS) is 20.1. The quantitative estimate of drug-likeness (QED) is 0.734. The topological polar surface area (TPSA) is 64.8 Å². The molecule has 1 amide bonds. The van der Waals surface area contributed by atoms with Gasteiger partial charge in [-0.15, -0.1) is 0 Å². The number of ether oxygens (including phenoxy) is 2. The Bertz CT molecular complexity index is 797. The zero-order chi connectivity index (χ0) is 20.0. The Morgan fingerprint density at radius 2 is 2.00 bits per heavy atom. The molecule has 2 aromatic rings. The van der Waals surface area contributed by atoms with Crippen LogP contribution in [0.5, 0.6) is 5.75 Å². The van der Waals surface area contributed by atoms with Gasteiger partial charge in [-0.3, -0.25) is 9.69 Å². The van der Waals surface area contributed by atoms with E-state index in [2.05, 4.69) is 36.1 Å². The minimum absolute atomic E-state index is 0.110. The Labute approximate surface area is 171 Å². The van der Waals surface area contributed by atoms with Crippen LogP contribution in [0.4, 0.5) is 0 Å². The number of nitrogens with two attached hydrogens (primary N) is 1. The Hall–Kier alpha value is -2.08. The number of hydrogen-bond acceptors (Lipinski definition) is 4. The van der Waals surface area contributed by atoms with Gasteiger partial charge in [-0.1, -0.05) is 48.9 Å². The molecule has 1 atom stereocenters. The molecule has 0 aromatic heterocycles. The minimum atomic E-state index is -0.768. The number of benzene rings is 2. The van der Waals surface area contributed by atoms with E-state index in [0.717, 1.165) is 19.5 Å². The lowest BCUT2D eigenvalue weighted by Crippen LogP contribution is -2.56. The number of carbonyl (C=O) groups is 1. The first-order valence-corrected chi connectivity index (χ1v) is 9.97. The predicted octanol–water partition coefficient (Wildman–Crippen LogP) is 3.43. The molecule has 0 radical (unpaired) electrons. The summed E-state index contributed by atoms with van der Waals surface area (Å²) in [5.74, 6) is 0.246. The number of morpholine rings is 1. The number of amides is 1. The Morgan fingerprint density at radius 1 is 1.25 bits per heavy atom. The average Bonchev–Trinajstić information content (AvgIpc) is 2.67. The van der Waals surface area contributed by atoms with Gasteiger partial charge in [0.2, 0.25) is 5.91 Å². The summed E-state index contributed by atoms with van der Waals surface area (Å²) in [4.78, 5) is 14.0. The van der Waals surface area contributed by atoms with E-state index in [4.69, 9.17) is 26.8 Å². The summed E-state index contributed by atoms with van der Waals surface area (Å²) in [7, 11) is 0. The molecule has 2 aromatic carbocycles. The summed E-state index contributed by atoms with van der Waals surface area (Å²) in [6.07, 6.45) is 1.14. The van der Waals surface area contributed by atoms with Crippen molar-refractivity contribution in [3.8, 4) is 5.75 Å². The van der Waals surface area contributed by atoms with Crippen LogP contribution in [0.1, 0.15) is 24.5 Å². The fraction of sp³-hybridized carbons (Fsp3) is 0.409. The van der Waals surface area contributed by atoms with Crippen molar-refractivity contribution in [3.05, 3.63) is 64.7 Å². The van der Waals surface area contributed by atoms with E-state index in [1.807, 2.05) is 12.1 Å². The van der Waals surface area contributed by atoms with Crippen LogP contribution in [0, 0.1) is 0 Å². The lowest BCUT2D eigenvalue weighted by atomic mass is 9.97. The summed E-state index contributed by atoms with van der Waals surface area (Å²) in [6, 6.07) is 15.8. The average molecular weight is 403 g/mol. The smallest absolute Gasteiger partial charge is 0.220 e. The maximum Gasteiger partial charge on any atom is 0.220 e. The van der Waals surface area contributed by atoms with Crippen LogP contribution in [0.3, 0.4) is 0 Å². The summed E-state index contributed by atoms with van der Waals surface area (Å²) in [5, 5.41) is 0.600. The van der Waals surface area contributed by atoms with Crippen LogP contribution < -0.4 is 10.5 Å². The van der Waals surface area contributed by atoms with Crippen LogP contribution in [-0.4, -0.2) is 42.7 Å². The van der Waals surface area contributed by atoms with Crippen molar-refractivity contribution in [2.24, 2.45) is 5.73 Å². The standard InChI is InChI=1S/C22H27ClN2O3/c1-2-17-6-8-18(9-7-17)14-25-10-11-28-22(15-25,13-21(24)26)16-27-20-5-3-4-19(23)12-20/h3-9,12H,2,10-11,13-16H2,1H3,(H2,24,26)/t22-/m0/s1.